The Morgan fingerprint density at radius 3 is 2.74 bits per heavy atom. The second kappa shape index (κ2) is 5.51. The predicted octanol–water partition coefficient (Wildman–Crippen LogP) is 2.36. The number of hydrogen-bond acceptors (Lipinski definition) is 3. The summed E-state index contributed by atoms with van der Waals surface area (Å²) in [5.74, 6) is 1.39. The van der Waals surface area contributed by atoms with Gasteiger partial charge in [-0.05, 0) is 30.5 Å². The van der Waals surface area contributed by atoms with Gasteiger partial charge in [0.1, 0.15) is 5.75 Å². The lowest BCUT2D eigenvalue weighted by atomic mass is 9.95. The van der Waals surface area contributed by atoms with Gasteiger partial charge in [-0.3, -0.25) is 4.90 Å². The van der Waals surface area contributed by atoms with E-state index >= 15 is 0 Å². The summed E-state index contributed by atoms with van der Waals surface area (Å²) >= 11 is 0. The van der Waals surface area contributed by atoms with Gasteiger partial charge in [-0.2, -0.15) is 0 Å². The molecule has 3 nitrogen and oxygen atoms in total. The van der Waals surface area contributed by atoms with Crippen molar-refractivity contribution in [1.29, 1.82) is 0 Å². The van der Waals surface area contributed by atoms with Gasteiger partial charge in [0, 0.05) is 31.1 Å². The Hall–Kier alpha value is -1.06. The zero-order valence-electron chi connectivity index (χ0n) is 11.7. The normalized spacial score (nSPS) is 28.9. The van der Waals surface area contributed by atoms with Crippen molar-refractivity contribution in [1.82, 2.24) is 4.90 Å². The van der Waals surface area contributed by atoms with Crippen LogP contribution in [0.25, 0.3) is 0 Å². The third-order valence-corrected chi connectivity index (χ3v) is 4.76. The average molecular weight is 260 g/mol. The van der Waals surface area contributed by atoms with Crippen LogP contribution >= 0.6 is 0 Å². The van der Waals surface area contributed by atoms with Crippen molar-refractivity contribution in [2.75, 3.05) is 20.2 Å². The number of rotatable bonds is 3. The molecule has 1 aromatic rings. The monoisotopic (exact) mass is 260 g/mol. The van der Waals surface area contributed by atoms with Crippen molar-refractivity contribution in [2.45, 2.75) is 43.7 Å². The molecule has 1 heterocycles. The van der Waals surface area contributed by atoms with E-state index in [2.05, 4.69) is 23.1 Å². The zero-order valence-corrected chi connectivity index (χ0v) is 11.7. The highest BCUT2D eigenvalue weighted by molar-refractivity contribution is 5.32. The fourth-order valence-electron chi connectivity index (χ4n) is 3.65. The van der Waals surface area contributed by atoms with Gasteiger partial charge in [0.05, 0.1) is 7.11 Å². The lowest BCUT2D eigenvalue weighted by Gasteiger charge is -2.23. The van der Waals surface area contributed by atoms with Crippen molar-refractivity contribution in [2.24, 2.45) is 5.73 Å². The largest absolute Gasteiger partial charge is 0.497 e. The molecule has 0 aromatic heterocycles. The van der Waals surface area contributed by atoms with Crippen LogP contribution in [-0.2, 0) is 0 Å². The van der Waals surface area contributed by atoms with Crippen molar-refractivity contribution in [3.05, 3.63) is 29.8 Å². The Balaban J connectivity index is 1.73. The number of nitrogens with zero attached hydrogens (tertiary/aromatic N) is 1. The molecule has 1 aliphatic carbocycles. The van der Waals surface area contributed by atoms with Gasteiger partial charge in [0.25, 0.3) is 0 Å². The number of benzene rings is 1. The molecule has 3 rings (SSSR count). The highest BCUT2D eigenvalue weighted by Crippen LogP contribution is 2.33. The van der Waals surface area contributed by atoms with E-state index in [-0.39, 0.29) is 6.04 Å². The van der Waals surface area contributed by atoms with Crippen molar-refractivity contribution >= 4 is 0 Å². The summed E-state index contributed by atoms with van der Waals surface area (Å²) in [5.41, 5.74) is 7.70. The first kappa shape index (κ1) is 12.9. The smallest absolute Gasteiger partial charge is 0.119 e. The number of likely N-dealkylation sites (tertiary alicyclic amines) is 1. The molecule has 1 aliphatic heterocycles. The highest BCUT2D eigenvalue weighted by Gasteiger charge is 2.35. The van der Waals surface area contributed by atoms with Crippen LogP contribution in [0.4, 0.5) is 0 Å². The first-order valence-corrected chi connectivity index (χ1v) is 7.41. The van der Waals surface area contributed by atoms with Gasteiger partial charge >= 0.3 is 0 Å². The van der Waals surface area contributed by atoms with E-state index in [0.717, 1.165) is 24.9 Å². The SMILES string of the molecule is COc1cccc([C@@H]2CN(C3CCCC3)C[C@H]2N)c1. The standard InChI is InChI=1S/C16H24N2O/c1-19-14-8-4-5-12(9-14)15-10-18(11-16(15)17)13-6-2-3-7-13/h4-5,8-9,13,15-16H,2-3,6-7,10-11,17H2,1H3/t15-,16+/m0/s1. The lowest BCUT2D eigenvalue weighted by molar-refractivity contribution is 0.241. The summed E-state index contributed by atoms with van der Waals surface area (Å²) in [7, 11) is 1.72. The van der Waals surface area contributed by atoms with E-state index in [1.807, 2.05) is 6.07 Å². The molecule has 0 unspecified atom stereocenters. The Morgan fingerprint density at radius 2 is 2.00 bits per heavy atom. The van der Waals surface area contributed by atoms with E-state index in [4.69, 9.17) is 10.5 Å². The van der Waals surface area contributed by atoms with Gasteiger partial charge in [-0.15, -0.1) is 0 Å². The van der Waals surface area contributed by atoms with Gasteiger partial charge in [0.2, 0.25) is 0 Å². The highest BCUT2D eigenvalue weighted by atomic mass is 16.5. The van der Waals surface area contributed by atoms with Crippen LogP contribution in [0, 0.1) is 0 Å². The second-order valence-corrected chi connectivity index (χ2v) is 5.94. The van der Waals surface area contributed by atoms with E-state index in [0.29, 0.717) is 5.92 Å². The van der Waals surface area contributed by atoms with E-state index in [1.54, 1.807) is 7.11 Å². The van der Waals surface area contributed by atoms with E-state index < -0.39 is 0 Å². The average Bonchev–Trinajstić information content (AvgIpc) is 3.07. The topological polar surface area (TPSA) is 38.5 Å². The molecule has 19 heavy (non-hydrogen) atoms. The Morgan fingerprint density at radius 1 is 1.21 bits per heavy atom. The zero-order chi connectivity index (χ0) is 13.2. The van der Waals surface area contributed by atoms with Crippen LogP contribution in [0.2, 0.25) is 0 Å². The molecule has 1 saturated heterocycles. The van der Waals surface area contributed by atoms with Crippen LogP contribution in [0.1, 0.15) is 37.2 Å². The fraction of sp³-hybridized carbons (Fsp3) is 0.625. The maximum Gasteiger partial charge on any atom is 0.119 e. The molecule has 104 valence electrons. The molecule has 0 bridgehead atoms. The first-order valence-electron chi connectivity index (χ1n) is 7.41. The molecule has 2 atom stereocenters. The molecule has 3 heteroatoms. The maximum absolute atomic E-state index is 6.38. The molecule has 1 aromatic carbocycles. The van der Waals surface area contributed by atoms with Crippen LogP contribution in [0.15, 0.2) is 24.3 Å². The van der Waals surface area contributed by atoms with Crippen LogP contribution in [0.5, 0.6) is 5.75 Å². The van der Waals surface area contributed by atoms with Crippen LogP contribution < -0.4 is 10.5 Å². The van der Waals surface area contributed by atoms with Crippen LogP contribution in [0.3, 0.4) is 0 Å². The van der Waals surface area contributed by atoms with E-state index in [9.17, 15) is 0 Å². The van der Waals surface area contributed by atoms with Crippen molar-refractivity contribution in [3.63, 3.8) is 0 Å². The minimum absolute atomic E-state index is 0.257. The molecule has 0 spiro atoms. The summed E-state index contributed by atoms with van der Waals surface area (Å²) in [6.45, 7) is 2.16. The van der Waals surface area contributed by atoms with Crippen molar-refractivity contribution < 1.29 is 4.74 Å². The quantitative estimate of drug-likeness (QED) is 0.906. The maximum atomic E-state index is 6.38. The predicted molar refractivity (Wildman–Crippen MR) is 77.5 cm³/mol. The van der Waals surface area contributed by atoms with Gasteiger partial charge in [-0.25, -0.2) is 0 Å². The number of hydrogen-bond donors (Lipinski definition) is 1. The molecule has 0 amide bonds. The number of nitrogens with two attached hydrogens (primary N) is 1. The third kappa shape index (κ3) is 2.63. The molecular formula is C16H24N2O. The number of ether oxygens (including phenoxy) is 1. The molecule has 1 saturated carbocycles. The number of methoxy groups -OCH3 is 1. The second-order valence-electron chi connectivity index (χ2n) is 5.94. The Labute approximate surface area is 115 Å². The van der Waals surface area contributed by atoms with Gasteiger partial charge < -0.3 is 10.5 Å². The summed E-state index contributed by atoms with van der Waals surface area (Å²) in [4.78, 5) is 2.61. The molecule has 0 radical (unpaired) electrons. The minimum Gasteiger partial charge on any atom is -0.497 e. The Kier molecular flexibility index (Phi) is 3.76. The molecule has 2 fully saturated rings. The van der Waals surface area contributed by atoms with Crippen molar-refractivity contribution in [3.8, 4) is 5.75 Å². The minimum atomic E-state index is 0.257. The first-order chi connectivity index (χ1) is 9.28. The van der Waals surface area contributed by atoms with Gasteiger partial charge in [0.15, 0.2) is 0 Å². The molecule has 2 N–H and O–H groups in total. The third-order valence-electron chi connectivity index (χ3n) is 4.76. The summed E-state index contributed by atoms with van der Waals surface area (Å²) in [6.07, 6.45) is 5.50. The molecular weight excluding hydrogens is 236 g/mol. The summed E-state index contributed by atoms with van der Waals surface area (Å²) < 4.78 is 5.32. The lowest BCUT2D eigenvalue weighted by Crippen LogP contribution is -2.33. The summed E-state index contributed by atoms with van der Waals surface area (Å²) in [6, 6.07) is 9.43. The van der Waals surface area contributed by atoms with Crippen LogP contribution in [-0.4, -0.2) is 37.2 Å². The van der Waals surface area contributed by atoms with E-state index in [1.165, 1.54) is 31.2 Å². The molecule has 2 aliphatic rings. The Bertz CT molecular complexity index is 429. The summed E-state index contributed by atoms with van der Waals surface area (Å²) in [5, 5.41) is 0. The fourth-order valence-corrected chi connectivity index (χ4v) is 3.65. The van der Waals surface area contributed by atoms with Gasteiger partial charge in [-0.1, -0.05) is 25.0 Å².